The molecule has 1 saturated heterocycles. The summed E-state index contributed by atoms with van der Waals surface area (Å²) in [4.78, 5) is 0. The summed E-state index contributed by atoms with van der Waals surface area (Å²) in [6.45, 7) is -0.305. The van der Waals surface area contributed by atoms with Crippen LogP contribution in [0.5, 0.6) is 5.75 Å². The van der Waals surface area contributed by atoms with Crippen molar-refractivity contribution in [2.45, 2.75) is 31.3 Å². The van der Waals surface area contributed by atoms with E-state index in [1.165, 1.54) is 30.3 Å². The molecule has 4 nitrogen and oxygen atoms in total. The van der Waals surface area contributed by atoms with Crippen LogP contribution in [0.4, 0.5) is 13.2 Å². The van der Waals surface area contributed by atoms with E-state index in [1.807, 2.05) is 0 Å². The zero-order chi connectivity index (χ0) is 19.4. The van der Waals surface area contributed by atoms with Gasteiger partial charge in [-0.2, -0.15) is 0 Å². The van der Waals surface area contributed by atoms with Gasteiger partial charge in [-0.15, -0.1) is 0 Å². The summed E-state index contributed by atoms with van der Waals surface area (Å²) in [5.41, 5.74) is 0.762. The lowest BCUT2D eigenvalue weighted by Gasteiger charge is -2.32. The van der Waals surface area contributed by atoms with Gasteiger partial charge in [0.2, 0.25) is 6.29 Å². The van der Waals surface area contributed by atoms with Crippen LogP contribution >= 0.6 is 0 Å². The molecule has 2 N–H and O–H groups in total. The molecule has 144 valence electrons. The lowest BCUT2D eigenvalue weighted by molar-refractivity contribution is -0.185. The number of benzene rings is 2. The van der Waals surface area contributed by atoms with E-state index in [9.17, 15) is 23.4 Å². The lowest BCUT2D eigenvalue weighted by atomic mass is 10.1. The molecular weight excluding hydrogens is 361 g/mol. The Morgan fingerprint density at radius 3 is 2.48 bits per heavy atom. The fraction of sp³-hybridized carbons (Fsp3) is 0.300. The number of hydrogen-bond acceptors (Lipinski definition) is 4. The normalized spacial score (nSPS) is 22.9. The number of aliphatic hydroxyl groups excluding tert-OH is 2. The van der Waals surface area contributed by atoms with Crippen LogP contribution < -0.4 is 4.74 Å². The molecule has 7 heteroatoms. The lowest BCUT2D eigenvalue weighted by Crippen LogP contribution is -2.40. The minimum absolute atomic E-state index is 0.0917. The molecule has 0 saturated carbocycles. The van der Waals surface area contributed by atoms with E-state index in [2.05, 4.69) is 0 Å². The Bertz CT molecular complexity index is 808. The van der Waals surface area contributed by atoms with Crippen LogP contribution in [-0.2, 0) is 4.74 Å². The van der Waals surface area contributed by atoms with Gasteiger partial charge in [0.1, 0.15) is 11.6 Å². The summed E-state index contributed by atoms with van der Waals surface area (Å²) in [5.74, 6) is -2.32. The molecule has 0 amide bonds. The fourth-order valence-corrected chi connectivity index (χ4v) is 2.86. The van der Waals surface area contributed by atoms with Crippen molar-refractivity contribution >= 4 is 12.2 Å². The first-order valence-electron chi connectivity index (χ1n) is 8.48. The van der Waals surface area contributed by atoms with E-state index in [1.54, 1.807) is 6.08 Å². The fourth-order valence-electron chi connectivity index (χ4n) is 2.86. The summed E-state index contributed by atoms with van der Waals surface area (Å²) in [6.07, 6.45) is 0.978. The second-order valence-corrected chi connectivity index (χ2v) is 6.30. The highest BCUT2D eigenvalue weighted by molar-refractivity contribution is 5.72. The molecule has 0 bridgehead atoms. The average Bonchev–Trinajstić information content (AvgIpc) is 2.63. The largest absolute Gasteiger partial charge is 0.461 e. The molecule has 2 aromatic rings. The number of hydrogen-bond donors (Lipinski definition) is 2. The minimum atomic E-state index is -0.983. The maximum Gasteiger partial charge on any atom is 0.202 e. The molecule has 2 aromatic carbocycles. The summed E-state index contributed by atoms with van der Waals surface area (Å²) < 4.78 is 51.9. The molecule has 3 rings (SSSR count). The maximum absolute atomic E-state index is 14.3. The highest BCUT2D eigenvalue weighted by Crippen LogP contribution is 2.30. The predicted octanol–water partition coefficient (Wildman–Crippen LogP) is 3.51. The first kappa shape index (κ1) is 19.4. The van der Waals surface area contributed by atoms with Gasteiger partial charge in [0.25, 0.3) is 0 Å². The van der Waals surface area contributed by atoms with E-state index in [4.69, 9.17) is 9.47 Å². The van der Waals surface area contributed by atoms with Gasteiger partial charge in [-0.25, -0.2) is 13.2 Å². The summed E-state index contributed by atoms with van der Waals surface area (Å²) in [6, 6.07) is 7.38. The molecule has 27 heavy (non-hydrogen) atoms. The third-order valence-electron chi connectivity index (χ3n) is 4.16. The Labute approximate surface area is 154 Å². The van der Waals surface area contributed by atoms with Crippen LogP contribution in [0.1, 0.15) is 24.0 Å². The zero-order valence-electron chi connectivity index (χ0n) is 14.3. The molecule has 1 heterocycles. The van der Waals surface area contributed by atoms with Gasteiger partial charge >= 0.3 is 0 Å². The van der Waals surface area contributed by atoms with Gasteiger partial charge in [0, 0.05) is 24.5 Å². The van der Waals surface area contributed by atoms with E-state index in [0.717, 1.165) is 6.07 Å². The van der Waals surface area contributed by atoms with Crippen LogP contribution in [-0.4, -0.2) is 35.3 Å². The van der Waals surface area contributed by atoms with Crippen LogP contribution in [0.25, 0.3) is 12.2 Å². The number of rotatable bonds is 5. The Hall–Kier alpha value is -2.35. The van der Waals surface area contributed by atoms with Crippen molar-refractivity contribution in [2.24, 2.45) is 0 Å². The SMILES string of the molecule is OCC1CC(O)CC(Oc2c(F)cc(F)cc2/C=C/c2ccc(F)cc2)O1. The summed E-state index contributed by atoms with van der Waals surface area (Å²) >= 11 is 0. The van der Waals surface area contributed by atoms with Crippen LogP contribution in [0.3, 0.4) is 0 Å². The van der Waals surface area contributed by atoms with Crippen molar-refractivity contribution in [3.05, 3.63) is 65.0 Å². The molecule has 1 fully saturated rings. The van der Waals surface area contributed by atoms with E-state index >= 15 is 0 Å². The van der Waals surface area contributed by atoms with E-state index in [-0.39, 0.29) is 36.6 Å². The molecule has 3 atom stereocenters. The van der Waals surface area contributed by atoms with Crippen LogP contribution in [0.15, 0.2) is 36.4 Å². The van der Waals surface area contributed by atoms with Gasteiger partial charge in [-0.1, -0.05) is 24.3 Å². The maximum atomic E-state index is 14.3. The van der Waals surface area contributed by atoms with Crippen molar-refractivity contribution in [3.8, 4) is 5.75 Å². The molecule has 3 unspecified atom stereocenters. The Morgan fingerprint density at radius 2 is 1.78 bits per heavy atom. The van der Waals surface area contributed by atoms with E-state index in [0.29, 0.717) is 11.6 Å². The Morgan fingerprint density at radius 1 is 1.04 bits per heavy atom. The van der Waals surface area contributed by atoms with E-state index < -0.39 is 30.1 Å². The molecule has 0 aliphatic carbocycles. The van der Waals surface area contributed by atoms with Gasteiger partial charge in [-0.3, -0.25) is 0 Å². The van der Waals surface area contributed by atoms with Crippen molar-refractivity contribution < 1.29 is 32.9 Å². The average molecular weight is 380 g/mol. The van der Waals surface area contributed by atoms with Crippen molar-refractivity contribution in [2.75, 3.05) is 6.61 Å². The zero-order valence-corrected chi connectivity index (χ0v) is 14.3. The number of aliphatic hydroxyl groups is 2. The highest BCUT2D eigenvalue weighted by atomic mass is 19.1. The van der Waals surface area contributed by atoms with Crippen molar-refractivity contribution in [1.29, 1.82) is 0 Å². The minimum Gasteiger partial charge on any atom is -0.461 e. The van der Waals surface area contributed by atoms with Gasteiger partial charge < -0.3 is 19.7 Å². The third kappa shape index (κ3) is 5.09. The quantitative estimate of drug-likeness (QED) is 0.780. The second-order valence-electron chi connectivity index (χ2n) is 6.30. The Balaban J connectivity index is 1.85. The topological polar surface area (TPSA) is 58.9 Å². The molecule has 0 radical (unpaired) electrons. The Kier molecular flexibility index (Phi) is 6.15. The van der Waals surface area contributed by atoms with Crippen LogP contribution in [0, 0.1) is 17.5 Å². The summed E-state index contributed by atoms with van der Waals surface area (Å²) in [5, 5.41) is 19.1. The van der Waals surface area contributed by atoms with Gasteiger partial charge in [0.15, 0.2) is 11.6 Å². The summed E-state index contributed by atoms with van der Waals surface area (Å²) in [7, 11) is 0. The van der Waals surface area contributed by atoms with Crippen LogP contribution in [0.2, 0.25) is 0 Å². The molecule has 1 aliphatic heterocycles. The first-order chi connectivity index (χ1) is 12.9. The predicted molar refractivity (Wildman–Crippen MR) is 93.3 cm³/mol. The first-order valence-corrected chi connectivity index (χ1v) is 8.48. The number of halogens is 3. The second kappa shape index (κ2) is 8.56. The third-order valence-corrected chi connectivity index (χ3v) is 4.16. The molecule has 0 spiro atoms. The highest BCUT2D eigenvalue weighted by Gasteiger charge is 2.30. The van der Waals surface area contributed by atoms with Crippen molar-refractivity contribution in [1.82, 2.24) is 0 Å². The molecule has 0 aromatic heterocycles. The molecular formula is C20H19F3O4. The smallest absolute Gasteiger partial charge is 0.202 e. The van der Waals surface area contributed by atoms with Crippen molar-refractivity contribution in [3.63, 3.8) is 0 Å². The van der Waals surface area contributed by atoms with Gasteiger partial charge in [0.05, 0.1) is 18.8 Å². The molecule has 1 aliphatic rings. The standard InChI is InChI=1S/C20H19F3O4/c21-14-5-2-12(3-6-14)1-4-13-7-15(22)8-18(23)20(13)27-19-10-16(25)9-17(11-24)26-19/h1-8,16-17,19,24-25H,9-11H2/b4-1+. The number of ether oxygens (including phenoxy) is 2. The monoisotopic (exact) mass is 380 g/mol. The van der Waals surface area contributed by atoms with Gasteiger partial charge in [-0.05, 0) is 23.8 Å².